The summed E-state index contributed by atoms with van der Waals surface area (Å²) in [5, 5.41) is 7.96. The van der Waals surface area contributed by atoms with E-state index in [-0.39, 0.29) is 5.92 Å². The molecular formula is C14H21N3O2. The van der Waals surface area contributed by atoms with E-state index in [9.17, 15) is 4.79 Å². The Balaban J connectivity index is 1.71. The van der Waals surface area contributed by atoms with Gasteiger partial charge >= 0.3 is 0 Å². The fourth-order valence-electron chi connectivity index (χ4n) is 3.49. The van der Waals surface area contributed by atoms with Crippen LogP contribution in [0.15, 0.2) is 4.42 Å². The number of nitrogens with zero attached hydrogens (tertiary/aromatic N) is 3. The van der Waals surface area contributed by atoms with Crippen LogP contribution >= 0.6 is 0 Å². The van der Waals surface area contributed by atoms with Crippen LogP contribution in [0.4, 0.5) is 0 Å². The number of hydrogen-bond donors (Lipinski definition) is 0. The Morgan fingerprint density at radius 3 is 2.84 bits per heavy atom. The summed E-state index contributed by atoms with van der Waals surface area (Å²) in [6.45, 7) is 3.54. The largest absolute Gasteiger partial charge is 0.424 e. The van der Waals surface area contributed by atoms with Crippen molar-refractivity contribution >= 4 is 5.78 Å². The fraction of sp³-hybridized carbons (Fsp3) is 0.786. The Morgan fingerprint density at radius 1 is 1.26 bits per heavy atom. The van der Waals surface area contributed by atoms with Crippen LogP contribution in [0.1, 0.15) is 50.3 Å². The normalized spacial score (nSPS) is 29.0. The van der Waals surface area contributed by atoms with Crippen LogP contribution in [0.3, 0.4) is 0 Å². The fourth-order valence-corrected chi connectivity index (χ4v) is 3.49. The van der Waals surface area contributed by atoms with Gasteiger partial charge in [0.2, 0.25) is 11.8 Å². The Morgan fingerprint density at radius 2 is 2.16 bits per heavy atom. The second-order valence-electron chi connectivity index (χ2n) is 5.71. The molecule has 1 saturated heterocycles. The van der Waals surface area contributed by atoms with Gasteiger partial charge in [-0.2, -0.15) is 0 Å². The summed E-state index contributed by atoms with van der Waals surface area (Å²) in [6, 6.07) is 0.385. The predicted molar refractivity (Wildman–Crippen MR) is 69.4 cm³/mol. The maximum absolute atomic E-state index is 12.0. The highest BCUT2D eigenvalue weighted by atomic mass is 16.4. The molecule has 104 valence electrons. The number of piperidine rings is 1. The third-order valence-corrected chi connectivity index (χ3v) is 4.39. The average Bonchev–Trinajstić information content (AvgIpc) is 2.99. The topological polar surface area (TPSA) is 59.2 Å². The molecule has 1 aliphatic carbocycles. The summed E-state index contributed by atoms with van der Waals surface area (Å²) >= 11 is 0. The van der Waals surface area contributed by atoms with E-state index < -0.39 is 0 Å². The maximum Gasteiger partial charge on any atom is 0.230 e. The summed E-state index contributed by atoms with van der Waals surface area (Å²) < 4.78 is 5.48. The van der Waals surface area contributed by atoms with Crippen LogP contribution in [0, 0.1) is 12.8 Å². The first-order chi connectivity index (χ1) is 9.24. The molecule has 1 aliphatic heterocycles. The van der Waals surface area contributed by atoms with Crippen LogP contribution in [-0.2, 0) is 11.3 Å². The number of likely N-dealkylation sites (tertiary alicyclic amines) is 1. The second-order valence-corrected chi connectivity index (χ2v) is 5.71. The smallest absolute Gasteiger partial charge is 0.230 e. The molecule has 0 spiro atoms. The van der Waals surface area contributed by atoms with E-state index in [1.807, 2.05) is 6.92 Å². The molecule has 0 bridgehead atoms. The molecule has 2 atom stereocenters. The van der Waals surface area contributed by atoms with Gasteiger partial charge in [0, 0.05) is 25.3 Å². The number of ketones is 1. The van der Waals surface area contributed by atoms with E-state index >= 15 is 0 Å². The van der Waals surface area contributed by atoms with Crippen LogP contribution in [-0.4, -0.2) is 33.5 Å². The number of carbonyl (C=O) groups is 1. The Kier molecular flexibility index (Phi) is 3.64. The van der Waals surface area contributed by atoms with Gasteiger partial charge < -0.3 is 4.42 Å². The molecule has 2 aliphatic rings. The zero-order chi connectivity index (χ0) is 13.2. The van der Waals surface area contributed by atoms with E-state index in [1.54, 1.807) is 0 Å². The van der Waals surface area contributed by atoms with Crippen molar-refractivity contribution in [2.24, 2.45) is 5.92 Å². The molecule has 3 rings (SSSR count). The van der Waals surface area contributed by atoms with Crippen molar-refractivity contribution in [3.05, 3.63) is 11.8 Å². The van der Waals surface area contributed by atoms with Gasteiger partial charge in [-0.15, -0.1) is 10.2 Å². The maximum atomic E-state index is 12.0. The van der Waals surface area contributed by atoms with E-state index in [0.717, 1.165) is 32.2 Å². The highest BCUT2D eigenvalue weighted by molar-refractivity contribution is 5.83. The molecule has 1 aromatic rings. The molecule has 1 aromatic heterocycles. The lowest BCUT2D eigenvalue weighted by Gasteiger charge is -2.37. The van der Waals surface area contributed by atoms with Crippen LogP contribution < -0.4 is 0 Å². The molecule has 1 saturated carbocycles. The van der Waals surface area contributed by atoms with Crippen molar-refractivity contribution in [1.29, 1.82) is 0 Å². The lowest BCUT2D eigenvalue weighted by Crippen LogP contribution is -2.44. The Hall–Kier alpha value is -1.23. The standard InChI is InChI=1S/C14H21N3O2/c1-10-15-16-14(19-10)9-17-8-3-2-6-12(17)11-5-4-7-13(11)18/h11-12H,2-9H2,1H3. The minimum Gasteiger partial charge on any atom is -0.424 e. The number of aromatic nitrogens is 2. The first kappa shape index (κ1) is 12.8. The SMILES string of the molecule is Cc1nnc(CN2CCCCC2C2CCCC2=O)o1. The van der Waals surface area contributed by atoms with Gasteiger partial charge in [0.15, 0.2) is 0 Å². The first-order valence-electron chi connectivity index (χ1n) is 7.30. The zero-order valence-corrected chi connectivity index (χ0v) is 11.5. The first-order valence-corrected chi connectivity index (χ1v) is 7.30. The highest BCUT2D eigenvalue weighted by Gasteiger charge is 2.37. The van der Waals surface area contributed by atoms with Gasteiger partial charge in [-0.05, 0) is 32.2 Å². The summed E-state index contributed by atoms with van der Waals surface area (Å²) in [6.07, 6.45) is 6.45. The number of hydrogen-bond acceptors (Lipinski definition) is 5. The summed E-state index contributed by atoms with van der Waals surface area (Å²) in [5.41, 5.74) is 0. The average molecular weight is 263 g/mol. The van der Waals surface area contributed by atoms with E-state index in [1.165, 1.54) is 12.8 Å². The lowest BCUT2D eigenvalue weighted by atomic mass is 9.88. The number of Topliss-reactive ketones (excluding diaryl/α,β-unsaturated/α-hetero) is 1. The van der Waals surface area contributed by atoms with Gasteiger partial charge in [0.1, 0.15) is 5.78 Å². The Bertz CT molecular complexity index is 457. The second kappa shape index (κ2) is 5.41. The van der Waals surface area contributed by atoms with Crippen molar-refractivity contribution in [1.82, 2.24) is 15.1 Å². The molecule has 0 radical (unpaired) electrons. The predicted octanol–water partition coefficient (Wildman–Crippen LogP) is 2.10. The summed E-state index contributed by atoms with van der Waals surface area (Å²) in [7, 11) is 0. The quantitative estimate of drug-likeness (QED) is 0.835. The third kappa shape index (κ3) is 2.71. The van der Waals surface area contributed by atoms with Gasteiger partial charge in [-0.1, -0.05) is 6.42 Å². The Labute approximate surface area is 113 Å². The molecule has 5 heteroatoms. The number of rotatable bonds is 3. The molecule has 0 N–H and O–H groups in total. The van der Waals surface area contributed by atoms with Crippen LogP contribution in [0.25, 0.3) is 0 Å². The van der Waals surface area contributed by atoms with Gasteiger partial charge in [-0.3, -0.25) is 9.69 Å². The van der Waals surface area contributed by atoms with Crippen molar-refractivity contribution < 1.29 is 9.21 Å². The van der Waals surface area contributed by atoms with E-state index in [2.05, 4.69) is 15.1 Å². The van der Waals surface area contributed by atoms with Gasteiger partial charge in [-0.25, -0.2) is 0 Å². The molecule has 2 unspecified atom stereocenters. The van der Waals surface area contributed by atoms with Crippen molar-refractivity contribution in [2.75, 3.05) is 6.54 Å². The molecule has 5 nitrogen and oxygen atoms in total. The minimum absolute atomic E-state index is 0.240. The third-order valence-electron chi connectivity index (χ3n) is 4.39. The summed E-state index contributed by atoms with van der Waals surface area (Å²) in [5.74, 6) is 1.98. The van der Waals surface area contributed by atoms with E-state index in [0.29, 0.717) is 30.2 Å². The highest BCUT2D eigenvalue weighted by Crippen LogP contribution is 2.33. The molecule has 0 aromatic carbocycles. The summed E-state index contributed by atoms with van der Waals surface area (Å²) in [4.78, 5) is 14.4. The molecule has 2 heterocycles. The van der Waals surface area contributed by atoms with Crippen molar-refractivity contribution in [2.45, 2.75) is 58.0 Å². The van der Waals surface area contributed by atoms with Crippen LogP contribution in [0.2, 0.25) is 0 Å². The molecule has 2 fully saturated rings. The van der Waals surface area contributed by atoms with Gasteiger partial charge in [0.05, 0.1) is 6.54 Å². The van der Waals surface area contributed by atoms with Crippen molar-refractivity contribution in [3.63, 3.8) is 0 Å². The molecule has 19 heavy (non-hydrogen) atoms. The molecular weight excluding hydrogens is 242 g/mol. The van der Waals surface area contributed by atoms with Gasteiger partial charge in [0.25, 0.3) is 0 Å². The lowest BCUT2D eigenvalue weighted by molar-refractivity contribution is -0.123. The minimum atomic E-state index is 0.240. The number of carbonyl (C=O) groups excluding carboxylic acids is 1. The number of aryl methyl sites for hydroxylation is 1. The molecule has 0 amide bonds. The monoisotopic (exact) mass is 263 g/mol. The zero-order valence-electron chi connectivity index (χ0n) is 11.5. The van der Waals surface area contributed by atoms with E-state index in [4.69, 9.17) is 4.42 Å². The van der Waals surface area contributed by atoms with Crippen LogP contribution in [0.5, 0.6) is 0 Å². The van der Waals surface area contributed by atoms with Crippen molar-refractivity contribution in [3.8, 4) is 0 Å².